The lowest BCUT2D eigenvalue weighted by Crippen LogP contribution is -2.30. The summed E-state index contributed by atoms with van der Waals surface area (Å²) in [6.07, 6.45) is 4.84. The summed E-state index contributed by atoms with van der Waals surface area (Å²) in [6, 6.07) is 6.20. The Kier molecular flexibility index (Phi) is 6.18. The molecule has 0 unspecified atom stereocenters. The van der Waals surface area contributed by atoms with Crippen LogP contribution in [0.2, 0.25) is 5.02 Å². The smallest absolute Gasteiger partial charge is 0.137 e. The van der Waals surface area contributed by atoms with Crippen molar-refractivity contribution in [2.24, 2.45) is 5.92 Å². The number of halogens is 1. The van der Waals surface area contributed by atoms with Crippen LogP contribution in [0.25, 0.3) is 0 Å². The zero-order valence-electron chi connectivity index (χ0n) is 12.6. The van der Waals surface area contributed by atoms with Crippen molar-refractivity contribution in [1.82, 2.24) is 5.32 Å². The molecule has 1 saturated heterocycles. The highest BCUT2D eigenvalue weighted by Gasteiger charge is 2.13. The number of ether oxygens (including phenoxy) is 1. The van der Waals surface area contributed by atoms with E-state index >= 15 is 0 Å². The second-order valence-corrected chi connectivity index (χ2v) is 6.26. The standard InChI is InChI=1S/C17H26ClNO/c1-3-13(2)15-6-7-17(16(18)11-15)20-10-8-14-5-4-9-19-12-14/h6-7,11,13-14,19H,3-5,8-10,12H2,1-2H3/t13-,14-/m1/s1. The number of hydrogen-bond donors (Lipinski definition) is 1. The van der Waals surface area contributed by atoms with Crippen molar-refractivity contribution < 1.29 is 4.74 Å². The topological polar surface area (TPSA) is 21.3 Å². The van der Waals surface area contributed by atoms with Gasteiger partial charge < -0.3 is 10.1 Å². The molecule has 1 heterocycles. The minimum Gasteiger partial charge on any atom is -0.492 e. The molecule has 2 atom stereocenters. The van der Waals surface area contributed by atoms with Crippen molar-refractivity contribution in [3.05, 3.63) is 28.8 Å². The number of hydrogen-bond acceptors (Lipinski definition) is 2. The molecular weight excluding hydrogens is 270 g/mol. The first-order valence-electron chi connectivity index (χ1n) is 7.83. The molecule has 0 amide bonds. The molecule has 0 aliphatic carbocycles. The first-order chi connectivity index (χ1) is 9.70. The van der Waals surface area contributed by atoms with Crippen molar-refractivity contribution in [3.8, 4) is 5.75 Å². The van der Waals surface area contributed by atoms with E-state index in [9.17, 15) is 0 Å². The Morgan fingerprint density at radius 3 is 2.95 bits per heavy atom. The summed E-state index contributed by atoms with van der Waals surface area (Å²) in [5.74, 6) is 2.12. The van der Waals surface area contributed by atoms with E-state index in [4.69, 9.17) is 16.3 Å². The summed E-state index contributed by atoms with van der Waals surface area (Å²) in [5.41, 5.74) is 1.29. The van der Waals surface area contributed by atoms with Crippen LogP contribution >= 0.6 is 11.6 Å². The van der Waals surface area contributed by atoms with Gasteiger partial charge in [0.15, 0.2) is 0 Å². The fourth-order valence-corrected chi connectivity index (χ4v) is 2.93. The lowest BCUT2D eigenvalue weighted by molar-refractivity contribution is 0.254. The van der Waals surface area contributed by atoms with E-state index in [-0.39, 0.29) is 0 Å². The minimum atomic E-state index is 0.551. The first-order valence-corrected chi connectivity index (χ1v) is 8.21. The third kappa shape index (κ3) is 4.39. The van der Waals surface area contributed by atoms with Gasteiger partial charge in [-0.3, -0.25) is 0 Å². The van der Waals surface area contributed by atoms with E-state index in [1.807, 2.05) is 12.1 Å². The van der Waals surface area contributed by atoms with Crippen LogP contribution in [0.5, 0.6) is 5.75 Å². The van der Waals surface area contributed by atoms with Crippen LogP contribution in [-0.2, 0) is 0 Å². The molecule has 0 bridgehead atoms. The van der Waals surface area contributed by atoms with Crippen LogP contribution in [0.3, 0.4) is 0 Å². The maximum absolute atomic E-state index is 6.31. The van der Waals surface area contributed by atoms with Crippen molar-refractivity contribution >= 4 is 11.6 Å². The Bertz CT molecular complexity index is 415. The molecule has 0 aromatic heterocycles. The largest absolute Gasteiger partial charge is 0.492 e. The second kappa shape index (κ2) is 7.90. The highest BCUT2D eigenvalue weighted by molar-refractivity contribution is 6.32. The number of piperidine rings is 1. The molecule has 1 aliphatic heterocycles. The maximum atomic E-state index is 6.31. The monoisotopic (exact) mass is 295 g/mol. The lowest BCUT2D eigenvalue weighted by atomic mass is 9.97. The van der Waals surface area contributed by atoms with Crippen molar-refractivity contribution in [2.45, 2.75) is 45.4 Å². The van der Waals surface area contributed by atoms with Gasteiger partial charge in [-0.1, -0.05) is 31.5 Å². The summed E-state index contributed by atoms with van der Waals surface area (Å²) in [4.78, 5) is 0. The fourth-order valence-electron chi connectivity index (χ4n) is 2.68. The van der Waals surface area contributed by atoms with Gasteiger partial charge in [0.25, 0.3) is 0 Å². The van der Waals surface area contributed by atoms with E-state index in [0.717, 1.165) is 42.7 Å². The van der Waals surface area contributed by atoms with Gasteiger partial charge in [0.05, 0.1) is 11.6 Å². The molecule has 0 saturated carbocycles. The quantitative estimate of drug-likeness (QED) is 0.826. The molecule has 2 nitrogen and oxygen atoms in total. The highest BCUT2D eigenvalue weighted by atomic mass is 35.5. The molecule has 112 valence electrons. The van der Waals surface area contributed by atoms with Gasteiger partial charge in [0.2, 0.25) is 0 Å². The van der Waals surface area contributed by atoms with Crippen LogP contribution in [0.15, 0.2) is 18.2 Å². The number of benzene rings is 1. The summed E-state index contributed by atoms with van der Waals surface area (Å²) in [7, 11) is 0. The van der Waals surface area contributed by atoms with E-state index in [1.54, 1.807) is 0 Å². The normalized spacial score (nSPS) is 20.6. The first kappa shape index (κ1) is 15.7. The average Bonchev–Trinajstić information content (AvgIpc) is 2.49. The van der Waals surface area contributed by atoms with Crippen LogP contribution in [0.1, 0.15) is 51.0 Å². The second-order valence-electron chi connectivity index (χ2n) is 5.85. The van der Waals surface area contributed by atoms with Crippen LogP contribution in [0, 0.1) is 5.92 Å². The van der Waals surface area contributed by atoms with Gasteiger partial charge >= 0.3 is 0 Å². The van der Waals surface area contributed by atoms with Gasteiger partial charge in [-0.15, -0.1) is 0 Å². The Balaban J connectivity index is 1.83. The molecule has 1 aliphatic rings. The molecule has 0 radical (unpaired) electrons. The Labute approximate surface area is 127 Å². The van der Waals surface area contributed by atoms with Crippen molar-refractivity contribution in [3.63, 3.8) is 0 Å². The summed E-state index contributed by atoms with van der Waals surface area (Å²) >= 11 is 6.31. The van der Waals surface area contributed by atoms with Gasteiger partial charge in [-0.05, 0) is 68.3 Å². The predicted molar refractivity (Wildman–Crippen MR) is 85.9 cm³/mol. The van der Waals surface area contributed by atoms with Gasteiger partial charge in [0, 0.05) is 0 Å². The lowest BCUT2D eigenvalue weighted by Gasteiger charge is -2.22. The molecule has 20 heavy (non-hydrogen) atoms. The van der Waals surface area contributed by atoms with Crippen LogP contribution in [0.4, 0.5) is 0 Å². The average molecular weight is 296 g/mol. The minimum absolute atomic E-state index is 0.551. The third-order valence-corrected chi connectivity index (χ3v) is 4.62. The maximum Gasteiger partial charge on any atom is 0.137 e. The molecular formula is C17H26ClNO. The molecule has 1 fully saturated rings. The highest BCUT2D eigenvalue weighted by Crippen LogP contribution is 2.30. The Morgan fingerprint density at radius 1 is 1.45 bits per heavy atom. The number of rotatable bonds is 6. The van der Waals surface area contributed by atoms with Gasteiger partial charge in [-0.2, -0.15) is 0 Å². The van der Waals surface area contributed by atoms with Crippen molar-refractivity contribution in [2.75, 3.05) is 19.7 Å². The van der Waals surface area contributed by atoms with Gasteiger partial charge in [0.1, 0.15) is 5.75 Å². The molecule has 1 aromatic carbocycles. The molecule has 1 aromatic rings. The summed E-state index contributed by atoms with van der Waals surface area (Å²) in [6.45, 7) is 7.47. The third-order valence-electron chi connectivity index (χ3n) is 4.32. The Morgan fingerprint density at radius 2 is 2.30 bits per heavy atom. The zero-order valence-corrected chi connectivity index (χ0v) is 13.4. The van der Waals surface area contributed by atoms with Gasteiger partial charge in [-0.25, -0.2) is 0 Å². The summed E-state index contributed by atoms with van der Waals surface area (Å²) in [5, 5.41) is 4.18. The predicted octanol–water partition coefficient (Wildman–Crippen LogP) is 4.62. The molecule has 2 rings (SSSR count). The zero-order chi connectivity index (χ0) is 14.4. The van der Waals surface area contributed by atoms with E-state index in [2.05, 4.69) is 25.2 Å². The van der Waals surface area contributed by atoms with Crippen LogP contribution in [-0.4, -0.2) is 19.7 Å². The van der Waals surface area contributed by atoms with E-state index < -0.39 is 0 Å². The number of nitrogens with one attached hydrogen (secondary N) is 1. The summed E-state index contributed by atoms with van der Waals surface area (Å²) < 4.78 is 5.85. The fraction of sp³-hybridized carbons (Fsp3) is 0.647. The Hall–Kier alpha value is -0.730. The van der Waals surface area contributed by atoms with E-state index in [0.29, 0.717) is 5.92 Å². The van der Waals surface area contributed by atoms with Crippen molar-refractivity contribution in [1.29, 1.82) is 0 Å². The van der Waals surface area contributed by atoms with E-state index in [1.165, 1.54) is 24.9 Å². The molecule has 3 heteroatoms. The SMILES string of the molecule is CC[C@@H](C)c1ccc(OCC[C@H]2CCCNC2)c(Cl)c1. The van der Waals surface area contributed by atoms with Crippen LogP contribution < -0.4 is 10.1 Å². The molecule has 1 N–H and O–H groups in total. The molecule has 0 spiro atoms.